The molecule has 0 heterocycles. The molecule has 1 aliphatic rings. The highest BCUT2D eigenvalue weighted by Crippen LogP contribution is 2.35. The molecule has 0 bridgehead atoms. The Hall–Kier alpha value is -2.04. The molecule has 0 radical (unpaired) electrons. The van der Waals surface area contributed by atoms with Gasteiger partial charge in [-0.25, -0.2) is 0 Å². The molecule has 1 amide bonds. The number of amides is 1. The van der Waals surface area contributed by atoms with E-state index in [4.69, 9.17) is 9.84 Å². The molecule has 1 fully saturated rings. The van der Waals surface area contributed by atoms with Crippen molar-refractivity contribution in [1.82, 2.24) is 4.90 Å². The fourth-order valence-electron chi connectivity index (χ4n) is 2.80. The van der Waals surface area contributed by atoms with E-state index in [1.54, 1.807) is 19.1 Å². The minimum Gasteiger partial charge on any atom is -0.497 e. The first-order chi connectivity index (χ1) is 10.5. The highest BCUT2D eigenvalue weighted by Gasteiger charge is 2.42. The Bertz CT molecular complexity index is 526. The van der Waals surface area contributed by atoms with Crippen LogP contribution in [-0.4, -0.2) is 42.6 Å². The summed E-state index contributed by atoms with van der Waals surface area (Å²) < 4.78 is 5.12. The van der Waals surface area contributed by atoms with E-state index in [0.29, 0.717) is 19.4 Å². The van der Waals surface area contributed by atoms with E-state index in [2.05, 4.69) is 0 Å². The lowest BCUT2D eigenvalue weighted by atomic mass is 9.73. The normalized spacial score (nSPS) is 20.1. The van der Waals surface area contributed by atoms with Gasteiger partial charge in [-0.05, 0) is 43.4 Å². The van der Waals surface area contributed by atoms with Crippen molar-refractivity contribution in [2.75, 3.05) is 20.7 Å². The fraction of sp³-hybridized carbons (Fsp3) is 0.529. The van der Waals surface area contributed by atoms with Crippen LogP contribution in [0, 0.1) is 11.8 Å². The van der Waals surface area contributed by atoms with Gasteiger partial charge in [0.25, 0.3) is 0 Å². The molecule has 0 aromatic heterocycles. The predicted octanol–water partition coefficient (Wildman–Crippen LogP) is 2.20. The zero-order valence-electron chi connectivity index (χ0n) is 13.1. The van der Waals surface area contributed by atoms with Gasteiger partial charge in [0.05, 0.1) is 18.9 Å². The van der Waals surface area contributed by atoms with Gasteiger partial charge in [-0.2, -0.15) is 0 Å². The summed E-state index contributed by atoms with van der Waals surface area (Å²) in [5, 5.41) is 9.02. The van der Waals surface area contributed by atoms with Crippen LogP contribution in [0.4, 0.5) is 0 Å². The number of aliphatic carboxylic acids is 1. The summed E-state index contributed by atoms with van der Waals surface area (Å²) in [6.45, 7) is 0.647. The highest BCUT2D eigenvalue weighted by atomic mass is 16.5. The number of rotatable bonds is 7. The standard InChI is InChI=1S/C17H23NO4/c1-18(16(19)14-9-10-15(14)17(20)21)11-3-4-12-5-7-13(22-2)8-6-12/h5-8,14-15H,3-4,9-11H2,1-2H3,(H,20,21). The molecule has 22 heavy (non-hydrogen) atoms. The predicted molar refractivity (Wildman–Crippen MR) is 82.8 cm³/mol. The van der Waals surface area contributed by atoms with Crippen LogP contribution >= 0.6 is 0 Å². The number of carbonyl (C=O) groups is 2. The molecule has 1 aromatic carbocycles. The maximum absolute atomic E-state index is 12.2. The van der Waals surface area contributed by atoms with Crippen molar-refractivity contribution in [1.29, 1.82) is 0 Å². The molecule has 2 rings (SSSR count). The summed E-state index contributed by atoms with van der Waals surface area (Å²) in [4.78, 5) is 24.9. The number of nitrogens with zero attached hydrogens (tertiary/aromatic N) is 1. The second kappa shape index (κ2) is 7.29. The maximum Gasteiger partial charge on any atom is 0.307 e. The van der Waals surface area contributed by atoms with Crippen LogP contribution in [0.5, 0.6) is 5.75 Å². The lowest BCUT2D eigenvalue weighted by Gasteiger charge is -2.35. The Labute approximate surface area is 130 Å². The molecule has 0 saturated heterocycles. The molecule has 5 heteroatoms. The minimum absolute atomic E-state index is 0.0339. The number of hydrogen-bond donors (Lipinski definition) is 1. The molecular weight excluding hydrogens is 282 g/mol. The smallest absolute Gasteiger partial charge is 0.307 e. The van der Waals surface area contributed by atoms with Crippen molar-refractivity contribution >= 4 is 11.9 Å². The number of aryl methyl sites for hydroxylation is 1. The number of carbonyl (C=O) groups excluding carboxylic acids is 1. The second-order valence-corrected chi connectivity index (χ2v) is 5.84. The van der Waals surface area contributed by atoms with E-state index in [-0.39, 0.29) is 11.8 Å². The summed E-state index contributed by atoms with van der Waals surface area (Å²) in [7, 11) is 3.40. The van der Waals surface area contributed by atoms with Gasteiger partial charge in [0, 0.05) is 13.6 Å². The van der Waals surface area contributed by atoms with E-state index >= 15 is 0 Å². The molecule has 1 aliphatic carbocycles. The number of carboxylic acids is 1. The lowest BCUT2D eigenvalue weighted by molar-refractivity contribution is -0.156. The first-order valence-corrected chi connectivity index (χ1v) is 7.63. The summed E-state index contributed by atoms with van der Waals surface area (Å²) in [6, 6.07) is 7.89. The Kier molecular flexibility index (Phi) is 5.41. The Balaban J connectivity index is 1.76. The van der Waals surface area contributed by atoms with Crippen molar-refractivity contribution in [2.45, 2.75) is 25.7 Å². The largest absolute Gasteiger partial charge is 0.497 e. The zero-order chi connectivity index (χ0) is 16.1. The van der Waals surface area contributed by atoms with Gasteiger partial charge in [-0.3, -0.25) is 9.59 Å². The van der Waals surface area contributed by atoms with Crippen LogP contribution in [0.3, 0.4) is 0 Å². The summed E-state index contributed by atoms with van der Waals surface area (Å²) >= 11 is 0. The van der Waals surface area contributed by atoms with Crippen LogP contribution in [-0.2, 0) is 16.0 Å². The van der Waals surface area contributed by atoms with E-state index in [1.807, 2.05) is 24.3 Å². The Morgan fingerprint density at radius 1 is 1.23 bits per heavy atom. The van der Waals surface area contributed by atoms with Crippen LogP contribution in [0.2, 0.25) is 0 Å². The molecule has 0 aliphatic heterocycles. The van der Waals surface area contributed by atoms with E-state index in [0.717, 1.165) is 18.6 Å². The molecule has 1 saturated carbocycles. The molecule has 0 spiro atoms. The Morgan fingerprint density at radius 3 is 2.36 bits per heavy atom. The quantitative estimate of drug-likeness (QED) is 0.838. The number of methoxy groups -OCH3 is 1. The summed E-state index contributed by atoms with van der Waals surface area (Å²) in [5.41, 5.74) is 1.20. The lowest BCUT2D eigenvalue weighted by Crippen LogP contribution is -2.45. The van der Waals surface area contributed by atoms with Gasteiger partial charge in [0.2, 0.25) is 5.91 Å². The number of hydrogen-bond acceptors (Lipinski definition) is 3. The van der Waals surface area contributed by atoms with Crippen LogP contribution in [0.1, 0.15) is 24.8 Å². The molecule has 2 unspecified atom stereocenters. The topological polar surface area (TPSA) is 66.8 Å². The van der Waals surface area contributed by atoms with Gasteiger partial charge in [0.1, 0.15) is 5.75 Å². The van der Waals surface area contributed by atoms with Crippen LogP contribution in [0.25, 0.3) is 0 Å². The number of benzene rings is 1. The second-order valence-electron chi connectivity index (χ2n) is 5.84. The number of carboxylic acid groups (broad SMARTS) is 1. The average Bonchev–Trinajstić information content (AvgIpc) is 2.46. The molecule has 1 aromatic rings. The van der Waals surface area contributed by atoms with Gasteiger partial charge in [0.15, 0.2) is 0 Å². The van der Waals surface area contributed by atoms with Crippen molar-refractivity contribution in [3.63, 3.8) is 0 Å². The molecule has 2 atom stereocenters. The van der Waals surface area contributed by atoms with Gasteiger partial charge < -0.3 is 14.7 Å². The van der Waals surface area contributed by atoms with Crippen LogP contribution in [0.15, 0.2) is 24.3 Å². The third-order valence-electron chi connectivity index (χ3n) is 4.40. The summed E-state index contributed by atoms with van der Waals surface area (Å²) in [5.74, 6) is -0.870. The highest BCUT2D eigenvalue weighted by molar-refractivity contribution is 5.86. The fourth-order valence-corrected chi connectivity index (χ4v) is 2.80. The minimum atomic E-state index is -0.851. The average molecular weight is 305 g/mol. The maximum atomic E-state index is 12.2. The number of ether oxygens (including phenoxy) is 1. The first-order valence-electron chi connectivity index (χ1n) is 7.63. The van der Waals surface area contributed by atoms with E-state index < -0.39 is 11.9 Å². The van der Waals surface area contributed by atoms with Gasteiger partial charge >= 0.3 is 5.97 Å². The first kappa shape index (κ1) is 16.3. The summed E-state index contributed by atoms with van der Waals surface area (Å²) in [6.07, 6.45) is 3.05. The monoisotopic (exact) mass is 305 g/mol. The molecule has 120 valence electrons. The van der Waals surface area contributed by atoms with Crippen molar-refractivity contribution in [3.05, 3.63) is 29.8 Å². The SMILES string of the molecule is COc1ccc(CCCN(C)C(=O)C2CCC2C(=O)O)cc1. The van der Waals surface area contributed by atoms with Crippen LogP contribution < -0.4 is 4.74 Å². The molecule has 1 N–H and O–H groups in total. The molecular formula is C17H23NO4. The van der Waals surface area contributed by atoms with Gasteiger partial charge in [-0.1, -0.05) is 12.1 Å². The van der Waals surface area contributed by atoms with Crippen molar-refractivity contribution < 1.29 is 19.4 Å². The van der Waals surface area contributed by atoms with E-state index in [1.165, 1.54) is 5.56 Å². The van der Waals surface area contributed by atoms with Crippen molar-refractivity contribution in [3.8, 4) is 5.75 Å². The molecule has 5 nitrogen and oxygen atoms in total. The third-order valence-corrected chi connectivity index (χ3v) is 4.40. The van der Waals surface area contributed by atoms with Gasteiger partial charge in [-0.15, -0.1) is 0 Å². The Morgan fingerprint density at radius 2 is 1.86 bits per heavy atom. The van der Waals surface area contributed by atoms with E-state index in [9.17, 15) is 9.59 Å². The zero-order valence-corrected chi connectivity index (χ0v) is 13.1. The van der Waals surface area contributed by atoms with Crippen molar-refractivity contribution in [2.24, 2.45) is 11.8 Å². The third kappa shape index (κ3) is 3.78.